The first-order valence-electron chi connectivity index (χ1n) is 7.37. The van der Waals surface area contributed by atoms with E-state index in [2.05, 4.69) is 31.9 Å². The number of carbonyl (C=O) groups is 2. The number of nitrogens with one attached hydrogen (secondary N) is 2. The van der Waals surface area contributed by atoms with Crippen LogP contribution in [-0.4, -0.2) is 21.6 Å². The third kappa shape index (κ3) is 3.31. The number of aromatic nitrogens is 2. The van der Waals surface area contributed by atoms with Crippen LogP contribution in [0.4, 0.5) is 0 Å². The summed E-state index contributed by atoms with van der Waals surface area (Å²) >= 11 is 3.09. The molecule has 8 nitrogen and oxygen atoms in total. The van der Waals surface area contributed by atoms with Crippen LogP contribution in [0, 0.1) is 0 Å². The molecule has 0 atom stereocenters. The van der Waals surface area contributed by atoms with Crippen LogP contribution in [0.5, 0.6) is 0 Å². The van der Waals surface area contributed by atoms with E-state index in [0.29, 0.717) is 22.0 Å². The second-order valence-electron chi connectivity index (χ2n) is 5.03. The van der Waals surface area contributed by atoms with Gasteiger partial charge >= 0.3 is 5.91 Å². The standard InChI is InChI=1S/C16H13BrN4O4/c1-2-21-16(24)10-6-4-3-5-9(10)13(20-21)15(23)19-18-14(22)11-7-8-12(17)25-11/h3-8H,2H2,1H3,(H,18,22)(H,19,23). The Labute approximate surface area is 149 Å². The summed E-state index contributed by atoms with van der Waals surface area (Å²) in [6.07, 6.45) is 0. The van der Waals surface area contributed by atoms with Crippen LogP contribution in [0.2, 0.25) is 0 Å². The molecule has 2 aromatic heterocycles. The van der Waals surface area contributed by atoms with E-state index in [4.69, 9.17) is 4.42 Å². The molecule has 3 rings (SSSR count). The molecule has 0 aliphatic heterocycles. The van der Waals surface area contributed by atoms with E-state index in [9.17, 15) is 14.4 Å². The Kier molecular flexibility index (Phi) is 4.66. The number of halogens is 1. The second-order valence-corrected chi connectivity index (χ2v) is 5.81. The van der Waals surface area contributed by atoms with Gasteiger partial charge in [-0.05, 0) is 41.1 Å². The van der Waals surface area contributed by atoms with Gasteiger partial charge in [0.1, 0.15) is 0 Å². The van der Waals surface area contributed by atoms with Crippen molar-refractivity contribution in [2.75, 3.05) is 0 Å². The molecule has 0 spiro atoms. The predicted octanol–water partition coefficient (Wildman–Crippen LogP) is 1.85. The van der Waals surface area contributed by atoms with Crippen molar-refractivity contribution in [2.45, 2.75) is 13.5 Å². The third-order valence-corrected chi connectivity index (χ3v) is 3.90. The quantitative estimate of drug-likeness (QED) is 0.647. The Morgan fingerprint density at radius 2 is 1.80 bits per heavy atom. The van der Waals surface area contributed by atoms with Crippen LogP contribution in [0.1, 0.15) is 28.0 Å². The molecule has 0 saturated carbocycles. The lowest BCUT2D eigenvalue weighted by Crippen LogP contribution is -2.42. The summed E-state index contributed by atoms with van der Waals surface area (Å²) in [5, 5.41) is 4.87. The van der Waals surface area contributed by atoms with Crippen molar-refractivity contribution in [1.29, 1.82) is 0 Å². The molecule has 1 aromatic carbocycles. The lowest BCUT2D eigenvalue weighted by molar-refractivity contribution is 0.0827. The van der Waals surface area contributed by atoms with E-state index in [0.717, 1.165) is 0 Å². The molecule has 128 valence electrons. The van der Waals surface area contributed by atoms with E-state index >= 15 is 0 Å². The van der Waals surface area contributed by atoms with Gasteiger partial charge in [0.2, 0.25) is 0 Å². The van der Waals surface area contributed by atoms with Crippen LogP contribution >= 0.6 is 15.9 Å². The van der Waals surface area contributed by atoms with Crippen LogP contribution < -0.4 is 16.4 Å². The molecular weight excluding hydrogens is 392 g/mol. The Morgan fingerprint density at radius 1 is 1.12 bits per heavy atom. The molecule has 9 heteroatoms. The van der Waals surface area contributed by atoms with Crippen molar-refractivity contribution in [1.82, 2.24) is 20.6 Å². The zero-order valence-electron chi connectivity index (χ0n) is 13.1. The van der Waals surface area contributed by atoms with Gasteiger partial charge in [-0.3, -0.25) is 25.2 Å². The average molecular weight is 405 g/mol. The highest BCUT2D eigenvalue weighted by atomic mass is 79.9. The molecule has 0 radical (unpaired) electrons. The number of benzene rings is 1. The lowest BCUT2D eigenvalue weighted by Gasteiger charge is -2.10. The molecule has 0 bridgehead atoms. The first-order chi connectivity index (χ1) is 12.0. The molecule has 0 saturated heterocycles. The maximum atomic E-state index is 12.4. The highest BCUT2D eigenvalue weighted by molar-refractivity contribution is 9.10. The smallest absolute Gasteiger partial charge is 0.305 e. The monoisotopic (exact) mass is 404 g/mol. The fourth-order valence-corrected chi connectivity index (χ4v) is 2.59. The van der Waals surface area contributed by atoms with Crippen LogP contribution in [0.3, 0.4) is 0 Å². The number of fused-ring (bicyclic) bond motifs is 1. The van der Waals surface area contributed by atoms with Crippen molar-refractivity contribution in [2.24, 2.45) is 0 Å². The number of hydrazine groups is 1. The van der Waals surface area contributed by atoms with Crippen LogP contribution in [0.25, 0.3) is 10.8 Å². The van der Waals surface area contributed by atoms with Crippen LogP contribution in [-0.2, 0) is 6.54 Å². The Morgan fingerprint density at radius 3 is 2.44 bits per heavy atom. The first kappa shape index (κ1) is 16.9. The second kappa shape index (κ2) is 6.89. The lowest BCUT2D eigenvalue weighted by atomic mass is 10.1. The molecule has 25 heavy (non-hydrogen) atoms. The minimum Gasteiger partial charge on any atom is -0.444 e. The van der Waals surface area contributed by atoms with Crippen molar-refractivity contribution < 1.29 is 14.0 Å². The molecular formula is C16H13BrN4O4. The third-order valence-electron chi connectivity index (χ3n) is 3.47. The summed E-state index contributed by atoms with van der Waals surface area (Å²) in [5.74, 6) is -1.23. The van der Waals surface area contributed by atoms with Gasteiger partial charge < -0.3 is 4.42 Å². The maximum Gasteiger partial charge on any atom is 0.305 e. The van der Waals surface area contributed by atoms with Gasteiger partial charge in [0.05, 0.1) is 5.39 Å². The Hall–Kier alpha value is -2.94. The highest BCUT2D eigenvalue weighted by Crippen LogP contribution is 2.14. The van der Waals surface area contributed by atoms with Crippen molar-refractivity contribution in [3.63, 3.8) is 0 Å². The van der Waals surface area contributed by atoms with Gasteiger partial charge in [-0.25, -0.2) is 4.68 Å². The summed E-state index contributed by atoms with van der Waals surface area (Å²) in [5.41, 5.74) is 4.29. The van der Waals surface area contributed by atoms with Crippen molar-refractivity contribution >= 4 is 38.5 Å². The molecule has 2 N–H and O–H groups in total. The molecule has 0 fully saturated rings. The van der Waals surface area contributed by atoms with Crippen molar-refractivity contribution in [3.8, 4) is 0 Å². The zero-order chi connectivity index (χ0) is 18.0. The molecule has 3 aromatic rings. The number of rotatable bonds is 3. The first-order valence-corrected chi connectivity index (χ1v) is 8.16. The van der Waals surface area contributed by atoms with E-state index in [1.807, 2.05) is 0 Å². The highest BCUT2D eigenvalue weighted by Gasteiger charge is 2.18. The summed E-state index contributed by atoms with van der Waals surface area (Å²) in [4.78, 5) is 36.6. The van der Waals surface area contributed by atoms with E-state index in [1.54, 1.807) is 37.3 Å². The zero-order valence-corrected chi connectivity index (χ0v) is 14.7. The summed E-state index contributed by atoms with van der Waals surface area (Å²) in [6, 6.07) is 9.68. The molecule has 0 aliphatic carbocycles. The van der Waals surface area contributed by atoms with Gasteiger partial charge in [0, 0.05) is 11.9 Å². The minimum atomic E-state index is -0.641. The Bertz CT molecular complexity index is 1020. The Balaban J connectivity index is 1.88. The average Bonchev–Trinajstić information content (AvgIpc) is 3.06. The van der Waals surface area contributed by atoms with Gasteiger partial charge in [0.15, 0.2) is 16.1 Å². The summed E-state index contributed by atoms with van der Waals surface area (Å²) in [6.45, 7) is 2.07. The summed E-state index contributed by atoms with van der Waals surface area (Å²) < 4.78 is 6.69. The number of furan rings is 1. The van der Waals surface area contributed by atoms with Crippen LogP contribution in [0.15, 0.2) is 50.3 Å². The molecule has 2 heterocycles. The van der Waals surface area contributed by atoms with Gasteiger partial charge in [0.25, 0.3) is 11.5 Å². The largest absolute Gasteiger partial charge is 0.444 e. The van der Waals surface area contributed by atoms with Gasteiger partial charge in [-0.15, -0.1) is 0 Å². The molecule has 0 aliphatic rings. The number of amides is 2. The van der Waals surface area contributed by atoms with Gasteiger partial charge in [-0.1, -0.05) is 18.2 Å². The number of aryl methyl sites for hydroxylation is 1. The van der Waals surface area contributed by atoms with E-state index in [1.165, 1.54) is 10.7 Å². The summed E-state index contributed by atoms with van der Waals surface area (Å²) in [7, 11) is 0. The fourth-order valence-electron chi connectivity index (χ4n) is 2.29. The minimum absolute atomic E-state index is 0.0310. The van der Waals surface area contributed by atoms with E-state index in [-0.39, 0.29) is 17.0 Å². The maximum absolute atomic E-state index is 12.4. The molecule has 2 amide bonds. The van der Waals surface area contributed by atoms with Crippen molar-refractivity contribution in [3.05, 3.63) is 62.9 Å². The number of hydrogen-bond donors (Lipinski definition) is 2. The predicted molar refractivity (Wildman–Crippen MR) is 93.0 cm³/mol. The number of carbonyl (C=O) groups excluding carboxylic acids is 2. The topological polar surface area (TPSA) is 106 Å². The SMILES string of the molecule is CCn1nc(C(=O)NNC(=O)c2ccc(Br)o2)c2ccccc2c1=O. The normalized spacial score (nSPS) is 10.6. The molecule has 0 unspecified atom stereocenters. The number of nitrogens with zero attached hydrogens (tertiary/aromatic N) is 2. The fraction of sp³-hybridized carbons (Fsp3) is 0.125. The van der Waals surface area contributed by atoms with E-state index < -0.39 is 11.8 Å². The van der Waals surface area contributed by atoms with Gasteiger partial charge in [-0.2, -0.15) is 5.10 Å². The number of hydrogen-bond acceptors (Lipinski definition) is 5.